The van der Waals surface area contributed by atoms with Crippen molar-refractivity contribution in [3.63, 3.8) is 0 Å². The first kappa shape index (κ1) is 12.9. The highest BCUT2D eigenvalue weighted by Crippen LogP contribution is 2.21. The molecule has 0 aliphatic heterocycles. The van der Waals surface area contributed by atoms with Crippen LogP contribution in [0.25, 0.3) is 16.8 Å². The minimum Gasteiger partial charge on any atom is -0.341 e. The smallest absolute Gasteiger partial charge is 0.177 e. The average molecular weight is 292 g/mol. The average Bonchev–Trinajstić information content (AvgIpc) is 3.11. The van der Waals surface area contributed by atoms with Gasteiger partial charge < -0.3 is 9.38 Å². The number of rotatable bonds is 3. The molecule has 4 aromatic rings. The van der Waals surface area contributed by atoms with Crippen LogP contribution in [0.15, 0.2) is 36.9 Å². The lowest BCUT2D eigenvalue weighted by Gasteiger charge is -2.09. The van der Waals surface area contributed by atoms with Gasteiger partial charge in [0.15, 0.2) is 11.3 Å². The van der Waals surface area contributed by atoms with E-state index in [4.69, 9.17) is 0 Å². The largest absolute Gasteiger partial charge is 0.341 e. The molecule has 4 rings (SSSR count). The van der Waals surface area contributed by atoms with E-state index in [-0.39, 0.29) is 5.92 Å². The van der Waals surface area contributed by atoms with Crippen molar-refractivity contribution >= 4 is 16.8 Å². The molecule has 0 saturated heterocycles. The third-order valence-corrected chi connectivity index (χ3v) is 3.84. The monoisotopic (exact) mass is 292 g/mol. The van der Waals surface area contributed by atoms with Gasteiger partial charge in [-0.25, -0.2) is 15.0 Å². The molecular formula is C16H16N6. The molecule has 6 nitrogen and oxygen atoms in total. The number of fused-ring (bicyclic) bond motifs is 2. The molecule has 0 amide bonds. The minimum atomic E-state index is 0.216. The Labute approximate surface area is 127 Å². The van der Waals surface area contributed by atoms with E-state index < -0.39 is 0 Å². The van der Waals surface area contributed by atoms with Gasteiger partial charge >= 0.3 is 0 Å². The van der Waals surface area contributed by atoms with Gasteiger partial charge in [0.1, 0.15) is 5.82 Å². The van der Waals surface area contributed by atoms with Crippen molar-refractivity contribution < 1.29 is 0 Å². The number of pyridine rings is 1. The summed E-state index contributed by atoms with van der Waals surface area (Å²) >= 11 is 0. The molecule has 0 radical (unpaired) electrons. The lowest BCUT2D eigenvalue weighted by Crippen LogP contribution is -2.05. The molecule has 0 fully saturated rings. The van der Waals surface area contributed by atoms with Crippen LogP contribution in [-0.2, 0) is 6.42 Å². The van der Waals surface area contributed by atoms with Crippen molar-refractivity contribution in [2.75, 3.05) is 0 Å². The number of nitrogens with zero attached hydrogens (tertiary/aromatic N) is 5. The summed E-state index contributed by atoms with van der Waals surface area (Å²) in [5, 5.41) is 0. The molecule has 0 aliphatic rings. The molecule has 4 aromatic heterocycles. The molecule has 1 atom stereocenters. The summed E-state index contributed by atoms with van der Waals surface area (Å²) in [4.78, 5) is 21.3. The molecule has 1 unspecified atom stereocenters. The van der Waals surface area contributed by atoms with E-state index in [1.807, 2.05) is 42.0 Å². The van der Waals surface area contributed by atoms with Gasteiger partial charge in [-0.3, -0.25) is 4.98 Å². The van der Waals surface area contributed by atoms with Crippen LogP contribution in [0, 0.1) is 6.92 Å². The molecule has 0 spiro atoms. The van der Waals surface area contributed by atoms with Crippen molar-refractivity contribution in [1.29, 1.82) is 0 Å². The maximum absolute atomic E-state index is 4.59. The van der Waals surface area contributed by atoms with Gasteiger partial charge in [-0.05, 0) is 19.1 Å². The lowest BCUT2D eigenvalue weighted by molar-refractivity contribution is 0.704. The fourth-order valence-corrected chi connectivity index (χ4v) is 2.74. The Balaban J connectivity index is 1.68. The first-order chi connectivity index (χ1) is 10.7. The second kappa shape index (κ2) is 4.91. The van der Waals surface area contributed by atoms with Gasteiger partial charge in [-0.1, -0.05) is 6.92 Å². The van der Waals surface area contributed by atoms with Crippen LogP contribution in [-0.4, -0.2) is 29.3 Å². The summed E-state index contributed by atoms with van der Waals surface area (Å²) in [7, 11) is 0. The number of nitrogens with one attached hydrogen (secondary N) is 1. The summed E-state index contributed by atoms with van der Waals surface area (Å²) < 4.78 is 1.99. The van der Waals surface area contributed by atoms with Crippen molar-refractivity contribution in [1.82, 2.24) is 29.3 Å². The first-order valence-electron chi connectivity index (χ1n) is 7.30. The summed E-state index contributed by atoms with van der Waals surface area (Å²) in [5.74, 6) is 1.14. The van der Waals surface area contributed by atoms with Crippen molar-refractivity contribution in [2.24, 2.45) is 0 Å². The highest BCUT2D eigenvalue weighted by atomic mass is 15.0. The standard InChI is InChI=1S/C16H16N6/c1-10(14-16-18-6-8-22(16)7-5-17-14)9-13-20-12-4-3-11(2)19-15(12)21-13/h3-8,10H,9H2,1-2H3,(H,19,20,21). The Hall–Kier alpha value is -2.76. The van der Waals surface area contributed by atoms with Gasteiger partial charge in [0, 0.05) is 42.8 Å². The molecule has 4 heterocycles. The number of H-pyrrole nitrogens is 1. The third-order valence-electron chi connectivity index (χ3n) is 3.84. The van der Waals surface area contributed by atoms with E-state index >= 15 is 0 Å². The number of aryl methyl sites for hydroxylation is 1. The fraction of sp³-hybridized carbons (Fsp3) is 0.250. The second-order valence-electron chi connectivity index (χ2n) is 5.58. The number of hydrogen-bond donors (Lipinski definition) is 1. The van der Waals surface area contributed by atoms with Crippen LogP contribution < -0.4 is 0 Å². The van der Waals surface area contributed by atoms with Crippen molar-refractivity contribution in [3.8, 4) is 0 Å². The quantitative estimate of drug-likeness (QED) is 0.630. The molecule has 110 valence electrons. The SMILES string of the molecule is Cc1ccc2[nH]c(CC(C)c3nccn4ccnc34)nc2n1. The summed E-state index contributed by atoms with van der Waals surface area (Å²) in [6.07, 6.45) is 8.22. The van der Waals surface area contributed by atoms with Crippen LogP contribution in [0.1, 0.15) is 30.1 Å². The van der Waals surface area contributed by atoms with Crippen LogP contribution in [0.3, 0.4) is 0 Å². The lowest BCUT2D eigenvalue weighted by atomic mass is 10.0. The van der Waals surface area contributed by atoms with Gasteiger partial charge in [-0.15, -0.1) is 0 Å². The minimum absolute atomic E-state index is 0.216. The molecule has 6 heteroatoms. The van der Waals surface area contributed by atoms with E-state index in [0.717, 1.165) is 40.4 Å². The van der Waals surface area contributed by atoms with Crippen molar-refractivity contribution in [3.05, 3.63) is 54.1 Å². The maximum atomic E-state index is 4.59. The van der Waals surface area contributed by atoms with Gasteiger partial charge in [-0.2, -0.15) is 0 Å². The van der Waals surface area contributed by atoms with Crippen LogP contribution in [0.5, 0.6) is 0 Å². The molecular weight excluding hydrogens is 276 g/mol. The zero-order chi connectivity index (χ0) is 15.1. The molecule has 1 N–H and O–H groups in total. The highest BCUT2D eigenvalue weighted by molar-refractivity contribution is 5.70. The van der Waals surface area contributed by atoms with Crippen LogP contribution in [0.4, 0.5) is 0 Å². The Kier molecular flexibility index (Phi) is 2.89. The van der Waals surface area contributed by atoms with E-state index in [0.29, 0.717) is 0 Å². The zero-order valence-electron chi connectivity index (χ0n) is 12.5. The topological polar surface area (TPSA) is 71.8 Å². The molecule has 0 aromatic carbocycles. The van der Waals surface area contributed by atoms with E-state index in [1.54, 1.807) is 6.20 Å². The Morgan fingerprint density at radius 3 is 2.82 bits per heavy atom. The highest BCUT2D eigenvalue weighted by Gasteiger charge is 2.15. The van der Waals surface area contributed by atoms with Crippen molar-refractivity contribution in [2.45, 2.75) is 26.2 Å². The van der Waals surface area contributed by atoms with Crippen LogP contribution in [0.2, 0.25) is 0 Å². The number of aromatic amines is 1. The van der Waals surface area contributed by atoms with Crippen LogP contribution >= 0.6 is 0 Å². The van der Waals surface area contributed by atoms with E-state index in [1.165, 1.54) is 0 Å². The summed E-state index contributed by atoms with van der Waals surface area (Å²) in [6.45, 7) is 4.11. The number of imidazole rings is 2. The Bertz CT molecular complexity index is 952. The molecule has 0 bridgehead atoms. The first-order valence-corrected chi connectivity index (χ1v) is 7.30. The number of hydrogen-bond acceptors (Lipinski definition) is 4. The predicted octanol–water partition coefficient (Wildman–Crippen LogP) is 2.66. The van der Waals surface area contributed by atoms with E-state index in [2.05, 4.69) is 31.8 Å². The Morgan fingerprint density at radius 2 is 1.95 bits per heavy atom. The summed E-state index contributed by atoms with van der Waals surface area (Å²) in [6, 6.07) is 4.01. The number of aromatic nitrogens is 6. The van der Waals surface area contributed by atoms with Gasteiger partial charge in [0.2, 0.25) is 0 Å². The zero-order valence-corrected chi connectivity index (χ0v) is 12.5. The van der Waals surface area contributed by atoms with E-state index in [9.17, 15) is 0 Å². The molecule has 0 saturated carbocycles. The maximum Gasteiger partial charge on any atom is 0.177 e. The second-order valence-corrected chi connectivity index (χ2v) is 5.58. The summed E-state index contributed by atoms with van der Waals surface area (Å²) in [5.41, 5.74) is 4.61. The third kappa shape index (κ3) is 2.13. The van der Waals surface area contributed by atoms with Gasteiger partial charge in [0.05, 0.1) is 11.2 Å². The fourth-order valence-electron chi connectivity index (χ4n) is 2.74. The predicted molar refractivity (Wildman–Crippen MR) is 83.7 cm³/mol. The molecule has 0 aliphatic carbocycles. The normalized spacial score (nSPS) is 13.0. The Morgan fingerprint density at radius 1 is 1.14 bits per heavy atom. The van der Waals surface area contributed by atoms with Gasteiger partial charge in [0.25, 0.3) is 0 Å². The molecule has 22 heavy (non-hydrogen) atoms.